The number of pyridine rings is 1. The van der Waals surface area contributed by atoms with Crippen LogP contribution in [0.4, 0.5) is 5.82 Å². The van der Waals surface area contributed by atoms with Gasteiger partial charge in [-0.3, -0.25) is 4.90 Å². The van der Waals surface area contributed by atoms with Gasteiger partial charge in [-0.1, -0.05) is 69.1 Å². The summed E-state index contributed by atoms with van der Waals surface area (Å²) in [6.45, 7) is 15.4. The molecule has 1 atom stereocenters. The second-order valence-corrected chi connectivity index (χ2v) is 8.23. The number of anilines is 1. The molecule has 2 aromatic carbocycles. The molecule has 1 aromatic heterocycles. The minimum Gasteiger partial charge on any atom is -0.383 e. The summed E-state index contributed by atoms with van der Waals surface area (Å²) in [5.74, 6) is 0.789. The van der Waals surface area contributed by atoms with Crippen LogP contribution in [0.25, 0.3) is 6.08 Å². The Hall–Kier alpha value is -2.76. The van der Waals surface area contributed by atoms with Crippen molar-refractivity contribution >= 4 is 11.9 Å². The minimum absolute atomic E-state index is 0. The Morgan fingerprint density at radius 2 is 1.75 bits per heavy atom. The van der Waals surface area contributed by atoms with Crippen LogP contribution in [-0.2, 0) is 6.54 Å². The fourth-order valence-electron chi connectivity index (χ4n) is 3.68. The van der Waals surface area contributed by atoms with Gasteiger partial charge in [0.15, 0.2) is 0 Å². The number of nitrogens with zero attached hydrogens (tertiary/aromatic N) is 2. The van der Waals surface area contributed by atoms with Crippen LogP contribution in [0.2, 0.25) is 0 Å². The van der Waals surface area contributed by atoms with E-state index in [2.05, 4.69) is 90.1 Å². The Morgan fingerprint density at radius 1 is 1.08 bits per heavy atom. The van der Waals surface area contributed by atoms with Crippen LogP contribution in [0.1, 0.15) is 36.5 Å². The molecule has 0 saturated carbocycles. The molecule has 0 radical (unpaired) electrons. The third-order valence-electron chi connectivity index (χ3n) is 5.69. The molecular formula is C31H39N4Na. The van der Waals surface area contributed by atoms with Crippen molar-refractivity contribution in [1.29, 1.82) is 0 Å². The predicted molar refractivity (Wildman–Crippen MR) is 152 cm³/mol. The second-order valence-electron chi connectivity index (χ2n) is 8.23. The van der Waals surface area contributed by atoms with Crippen molar-refractivity contribution in [2.45, 2.75) is 32.4 Å². The van der Waals surface area contributed by atoms with Gasteiger partial charge in [0, 0.05) is 24.5 Å². The zero-order chi connectivity index (χ0) is 25.3. The van der Waals surface area contributed by atoms with E-state index in [-0.39, 0.29) is 29.6 Å². The van der Waals surface area contributed by atoms with Gasteiger partial charge in [-0.15, -0.1) is 12.1 Å². The van der Waals surface area contributed by atoms with Gasteiger partial charge in [0.2, 0.25) is 0 Å². The van der Waals surface area contributed by atoms with Crippen LogP contribution < -0.4 is 40.2 Å². The zero-order valence-electron chi connectivity index (χ0n) is 22.2. The van der Waals surface area contributed by atoms with Crippen LogP contribution in [0.5, 0.6) is 0 Å². The van der Waals surface area contributed by atoms with Gasteiger partial charge in [0.05, 0.1) is 0 Å². The van der Waals surface area contributed by atoms with Crippen molar-refractivity contribution in [3.05, 3.63) is 134 Å². The van der Waals surface area contributed by atoms with E-state index in [9.17, 15) is 0 Å². The number of nitrogens with one attached hydrogen (secondary N) is 2. The SMILES string of the molecule is C=C(NCc1ccccc1)C1CCCN1C.C=CNc1cc(C=C)ccn1.C[CH-]c1ccccc1.[Na+]. The van der Waals surface area contributed by atoms with Crippen LogP contribution in [0.3, 0.4) is 0 Å². The third kappa shape index (κ3) is 11.8. The number of benzene rings is 2. The normalized spacial score (nSPS) is 13.9. The van der Waals surface area contributed by atoms with Crippen molar-refractivity contribution in [3.8, 4) is 0 Å². The minimum atomic E-state index is 0. The van der Waals surface area contributed by atoms with E-state index >= 15 is 0 Å². The zero-order valence-corrected chi connectivity index (χ0v) is 24.2. The average molecular weight is 491 g/mol. The van der Waals surface area contributed by atoms with Crippen LogP contribution in [0, 0.1) is 6.42 Å². The molecule has 0 spiro atoms. The van der Waals surface area contributed by atoms with E-state index < -0.39 is 0 Å². The van der Waals surface area contributed by atoms with Crippen LogP contribution in [0.15, 0.2) is 111 Å². The predicted octanol–water partition coefficient (Wildman–Crippen LogP) is 3.93. The summed E-state index contributed by atoms with van der Waals surface area (Å²) in [5.41, 5.74) is 4.80. The summed E-state index contributed by atoms with van der Waals surface area (Å²) in [6.07, 6.45) is 9.69. The Morgan fingerprint density at radius 3 is 2.28 bits per heavy atom. The standard InChI is InChI=1S/C14H20N2.C9H10N2.C8H9.Na/c1-12(14-9-6-10-16(14)2)15-11-13-7-4-3-5-8-13;1-3-8-5-6-11-9(7-8)10-4-2;1-2-8-6-4-3-5-7-8;/h3-5,7-8,14-15H,1,6,9-11H2,2H3;3-7H,1-2H2,(H,10,11);2-7H,1H3;/q;;-1;+1. The molecule has 184 valence electrons. The Balaban J connectivity index is 0.000000284. The van der Waals surface area contributed by atoms with Gasteiger partial charge in [-0.2, -0.15) is 24.1 Å². The van der Waals surface area contributed by atoms with Gasteiger partial charge in [0.1, 0.15) is 5.82 Å². The molecule has 1 aliphatic rings. The maximum atomic E-state index is 4.15. The summed E-state index contributed by atoms with van der Waals surface area (Å²) in [6, 6.07) is 25.0. The van der Waals surface area contributed by atoms with Gasteiger partial charge >= 0.3 is 29.6 Å². The molecule has 1 saturated heterocycles. The number of aromatic nitrogens is 1. The van der Waals surface area contributed by atoms with Crippen LogP contribution in [-0.4, -0.2) is 29.5 Å². The number of hydrogen-bond acceptors (Lipinski definition) is 4. The fraction of sp³-hybridized carbons (Fsp3) is 0.226. The summed E-state index contributed by atoms with van der Waals surface area (Å²) >= 11 is 0. The Kier molecular flexibility index (Phi) is 16.1. The second kappa shape index (κ2) is 18.5. The van der Waals surface area contributed by atoms with Gasteiger partial charge in [-0.25, -0.2) is 4.98 Å². The maximum Gasteiger partial charge on any atom is 1.00 e. The molecular weight excluding hydrogens is 451 g/mol. The molecule has 0 aliphatic carbocycles. The molecule has 5 heteroatoms. The van der Waals surface area contributed by atoms with Crippen molar-refractivity contribution < 1.29 is 29.6 Å². The maximum absolute atomic E-state index is 4.15. The molecule has 3 aromatic rings. The quantitative estimate of drug-likeness (QED) is 0.371. The average Bonchev–Trinajstić information content (AvgIpc) is 3.35. The van der Waals surface area contributed by atoms with E-state index in [4.69, 9.17) is 0 Å². The Bertz CT molecular complexity index is 1020. The van der Waals surface area contributed by atoms with E-state index in [1.54, 1.807) is 18.5 Å². The fourth-order valence-corrected chi connectivity index (χ4v) is 3.68. The topological polar surface area (TPSA) is 40.2 Å². The first-order chi connectivity index (χ1) is 17.1. The molecule has 36 heavy (non-hydrogen) atoms. The molecule has 1 unspecified atom stereocenters. The van der Waals surface area contributed by atoms with Crippen molar-refractivity contribution in [2.75, 3.05) is 18.9 Å². The monoisotopic (exact) mass is 490 g/mol. The van der Waals surface area contributed by atoms with E-state index in [0.717, 1.165) is 23.6 Å². The van der Waals surface area contributed by atoms with Gasteiger partial charge in [-0.05, 0) is 55.9 Å². The first-order valence-electron chi connectivity index (χ1n) is 12.0. The van der Waals surface area contributed by atoms with Gasteiger partial charge in [0.25, 0.3) is 0 Å². The summed E-state index contributed by atoms with van der Waals surface area (Å²) in [5, 5.41) is 6.32. The molecule has 4 nitrogen and oxygen atoms in total. The van der Waals surface area contributed by atoms with Gasteiger partial charge < -0.3 is 10.6 Å². The largest absolute Gasteiger partial charge is 1.00 e. The molecule has 2 heterocycles. The molecule has 2 N–H and O–H groups in total. The number of rotatable bonds is 8. The van der Waals surface area contributed by atoms with E-state index in [0.29, 0.717) is 6.04 Å². The molecule has 1 fully saturated rings. The molecule has 4 rings (SSSR count). The van der Waals surface area contributed by atoms with Crippen molar-refractivity contribution in [1.82, 2.24) is 15.2 Å². The number of hydrogen-bond donors (Lipinski definition) is 2. The number of likely N-dealkylation sites (tertiary alicyclic amines) is 1. The molecule has 0 amide bonds. The third-order valence-corrected chi connectivity index (χ3v) is 5.69. The first kappa shape index (κ1) is 31.3. The molecule has 0 bridgehead atoms. The van der Waals surface area contributed by atoms with Crippen LogP contribution >= 0.6 is 0 Å². The van der Waals surface area contributed by atoms with E-state index in [1.807, 2.05) is 43.3 Å². The first-order valence-corrected chi connectivity index (χ1v) is 12.0. The van der Waals surface area contributed by atoms with Crippen molar-refractivity contribution in [3.63, 3.8) is 0 Å². The van der Waals surface area contributed by atoms with E-state index in [1.165, 1.54) is 30.5 Å². The van der Waals surface area contributed by atoms with Crippen molar-refractivity contribution in [2.24, 2.45) is 0 Å². The Labute approximate surface area is 240 Å². The number of likely N-dealkylation sites (N-methyl/N-ethyl adjacent to an activating group) is 1. The summed E-state index contributed by atoms with van der Waals surface area (Å²) < 4.78 is 0. The summed E-state index contributed by atoms with van der Waals surface area (Å²) in [4.78, 5) is 6.42. The smallest absolute Gasteiger partial charge is 0.383 e. The molecule has 1 aliphatic heterocycles. The summed E-state index contributed by atoms with van der Waals surface area (Å²) in [7, 11) is 2.17.